The molecule has 0 N–H and O–H groups in total. The topological polar surface area (TPSA) is 12.4 Å². The molecule has 9 heavy (non-hydrogen) atoms. The normalized spacial score (nSPS) is 9.44. The molecule has 1 nitrogen and oxygen atoms in total. The number of nitrogens with zero attached hydrogens (tertiary/aromatic N) is 1. The zero-order valence-electron chi connectivity index (χ0n) is 5.31. The molecule has 0 radical (unpaired) electrons. The summed E-state index contributed by atoms with van der Waals surface area (Å²) in [6.07, 6.45) is 0.0829. The van der Waals surface area contributed by atoms with Gasteiger partial charge < -0.3 is 0 Å². The summed E-state index contributed by atoms with van der Waals surface area (Å²) >= 11 is 4.11. The van der Waals surface area contributed by atoms with Crippen LogP contribution >= 0.6 is 0 Å². The lowest BCUT2D eigenvalue weighted by Crippen LogP contribution is -1.48. The van der Waals surface area contributed by atoms with Gasteiger partial charge in [0.1, 0.15) is 0 Å². The minimum absolute atomic E-state index is 0.0829. The van der Waals surface area contributed by atoms with E-state index in [-0.39, 0.29) is 6.33 Å². The number of allylic oxidation sites excluding steroid dienone is 1. The standard InChI is InChI=1S/C6H2FNS/c7-5-3-1-2-4-6-8-9/h3,5H/i3D. The smallest absolute Gasteiger partial charge is 0.0950 e. The monoisotopic (exact) mass is 140 g/mol. The van der Waals surface area contributed by atoms with Crippen LogP contribution in [0.1, 0.15) is 1.37 Å². The minimum Gasteiger partial charge on any atom is -0.215 e. The van der Waals surface area contributed by atoms with E-state index in [0.29, 0.717) is 0 Å². The molecule has 0 atom stereocenters. The van der Waals surface area contributed by atoms with E-state index < -0.39 is 6.05 Å². The van der Waals surface area contributed by atoms with Gasteiger partial charge in [-0.3, -0.25) is 0 Å². The Morgan fingerprint density at radius 2 is 2.44 bits per heavy atom. The van der Waals surface area contributed by atoms with Crippen LogP contribution in [0.15, 0.2) is 16.7 Å². The molecule has 0 rings (SSSR count). The first kappa shape index (κ1) is 5.94. The Balaban J connectivity index is 4.05. The van der Waals surface area contributed by atoms with Gasteiger partial charge in [-0.2, -0.15) is 0 Å². The molecule has 0 fully saturated rings. The molecule has 0 heterocycles. The predicted octanol–water partition coefficient (Wildman–Crippen LogP) is 1.16. The van der Waals surface area contributed by atoms with Crippen LogP contribution in [0.2, 0.25) is 0 Å². The van der Waals surface area contributed by atoms with Gasteiger partial charge in [-0.25, -0.2) is 4.39 Å². The van der Waals surface area contributed by atoms with Crippen molar-refractivity contribution < 1.29 is 5.76 Å². The Kier molecular flexibility index (Phi) is 4.49. The fourth-order valence-corrected chi connectivity index (χ4v) is 0.191. The van der Waals surface area contributed by atoms with Crippen LogP contribution in [-0.2, 0) is 12.4 Å². The van der Waals surface area contributed by atoms with E-state index in [9.17, 15) is 4.39 Å². The van der Waals surface area contributed by atoms with Gasteiger partial charge in [0, 0.05) is 12.0 Å². The highest BCUT2D eigenvalue weighted by Crippen LogP contribution is 1.66. The van der Waals surface area contributed by atoms with Crippen molar-refractivity contribution in [3.8, 4) is 23.8 Å². The van der Waals surface area contributed by atoms with Crippen molar-refractivity contribution in [1.29, 1.82) is 0 Å². The fraction of sp³-hybridized carbons (Fsp3) is 0. The van der Waals surface area contributed by atoms with Crippen molar-refractivity contribution in [3.63, 3.8) is 0 Å². The summed E-state index contributed by atoms with van der Waals surface area (Å²) in [7, 11) is 0. The average Bonchev–Trinajstić information content (AvgIpc) is 1.98. The lowest BCUT2D eigenvalue weighted by Gasteiger charge is -1.55. The molecule has 0 aliphatic rings. The molecule has 0 saturated heterocycles. The van der Waals surface area contributed by atoms with E-state index >= 15 is 0 Å². The van der Waals surface area contributed by atoms with Crippen LogP contribution in [0.25, 0.3) is 0 Å². The molecule has 0 aromatic rings. The van der Waals surface area contributed by atoms with Crippen LogP contribution in [0.4, 0.5) is 4.39 Å². The average molecular weight is 140 g/mol. The molecule has 44 valence electrons. The van der Waals surface area contributed by atoms with Crippen molar-refractivity contribution >= 4 is 12.4 Å². The van der Waals surface area contributed by atoms with E-state index in [1.165, 1.54) is 0 Å². The Labute approximate surface area is 59.5 Å². The number of hydrogen-bond donors (Lipinski definition) is 0. The summed E-state index contributed by atoms with van der Waals surface area (Å²) in [6, 6.07) is 1.69. The molecule has 0 aromatic heterocycles. The third-order valence-corrected chi connectivity index (χ3v) is 0.445. The van der Waals surface area contributed by atoms with Crippen LogP contribution in [0.5, 0.6) is 0 Å². The molecule has 0 aliphatic heterocycles. The molecule has 0 bridgehead atoms. The van der Waals surface area contributed by atoms with E-state index in [1.54, 1.807) is 0 Å². The summed E-state index contributed by atoms with van der Waals surface area (Å²) in [5.74, 6) is 6.45. The molecule has 0 aromatic carbocycles. The summed E-state index contributed by atoms with van der Waals surface area (Å²) < 4.78 is 21.0. The number of halogens is 1. The largest absolute Gasteiger partial charge is 0.215 e. The number of hydrogen-bond acceptors (Lipinski definition) is 2. The molecule has 0 saturated carbocycles. The maximum absolute atomic E-state index is 11.4. The Morgan fingerprint density at radius 1 is 1.67 bits per heavy atom. The van der Waals surface area contributed by atoms with Crippen molar-refractivity contribution in [3.05, 3.63) is 12.4 Å². The first-order valence-corrected chi connectivity index (χ1v) is 2.28. The molecule has 0 aliphatic carbocycles. The highest BCUT2D eigenvalue weighted by atomic mass is 32.1. The fourth-order valence-electron chi connectivity index (χ4n) is 0.145. The number of rotatable bonds is 0. The summed E-state index contributed by atoms with van der Waals surface area (Å²) in [6.45, 7) is 0. The highest BCUT2D eigenvalue weighted by molar-refractivity contribution is 7.47. The lowest BCUT2D eigenvalue weighted by atomic mass is 10.5. The molecule has 3 heteroatoms. The van der Waals surface area contributed by atoms with Gasteiger partial charge in [-0.1, -0.05) is 5.92 Å². The van der Waals surface area contributed by atoms with Gasteiger partial charge in [0.05, 0.1) is 26.2 Å². The molecular formula is C6H2FNS. The SMILES string of the molecule is [2H]C(C#CC#CN=S)=CF. The summed E-state index contributed by atoms with van der Waals surface area (Å²) in [4.78, 5) is 0. The van der Waals surface area contributed by atoms with Crippen molar-refractivity contribution in [2.45, 2.75) is 0 Å². The van der Waals surface area contributed by atoms with Gasteiger partial charge in [0.15, 0.2) is 0 Å². The summed E-state index contributed by atoms with van der Waals surface area (Å²) in [5, 5.41) is 0. The van der Waals surface area contributed by atoms with Crippen LogP contribution in [0.3, 0.4) is 0 Å². The van der Waals surface area contributed by atoms with Crippen LogP contribution in [-0.4, -0.2) is 0 Å². The van der Waals surface area contributed by atoms with Gasteiger partial charge in [-0.05, 0) is 5.92 Å². The van der Waals surface area contributed by atoms with Gasteiger partial charge in [0.25, 0.3) is 0 Å². The third-order valence-electron chi connectivity index (χ3n) is 0.353. The van der Waals surface area contributed by atoms with Gasteiger partial charge >= 0.3 is 0 Å². The van der Waals surface area contributed by atoms with Crippen LogP contribution < -0.4 is 0 Å². The van der Waals surface area contributed by atoms with Crippen LogP contribution in [0, 0.1) is 23.8 Å². The third kappa shape index (κ3) is 6.81. The first-order valence-electron chi connectivity index (χ1n) is 2.41. The lowest BCUT2D eigenvalue weighted by molar-refractivity contribution is 0.722. The zero-order valence-corrected chi connectivity index (χ0v) is 5.13. The van der Waals surface area contributed by atoms with E-state index in [0.717, 1.165) is 0 Å². The van der Waals surface area contributed by atoms with E-state index in [1.807, 2.05) is 0 Å². The van der Waals surface area contributed by atoms with Crippen molar-refractivity contribution in [2.75, 3.05) is 0 Å². The Hall–Kier alpha value is -1.19. The maximum atomic E-state index is 11.4. The van der Waals surface area contributed by atoms with E-state index in [4.69, 9.17) is 1.37 Å². The molecular weight excluding hydrogens is 137 g/mol. The molecule has 0 unspecified atom stereocenters. The predicted molar refractivity (Wildman–Crippen MR) is 35.6 cm³/mol. The minimum atomic E-state index is -0.418. The Bertz CT molecular complexity index is 263. The zero-order chi connectivity index (χ0) is 7.82. The second-order valence-electron chi connectivity index (χ2n) is 0.832. The van der Waals surface area contributed by atoms with Gasteiger partial charge in [0.2, 0.25) is 0 Å². The molecule has 0 amide bonds. The first-order chi connectivity index (χ1) is 4.81. The quantitative estimate of drug-likeness (QED) is 0.460. The maximum Gasteiger partial charge on any atom is 0.0950 e. The van der Waals surface area contributed by atoms with Gasteiger partial charge in [-0.15, -0.1) is 4.36 Å². The second kappa shape index (κ2) is 6.81. The second-order valence-corrected chi connectivity index (χ2v) is 1.01. The van der Waals surface area contributed by atoms with Crippen molar-refractivity contribution in [2.24, 2.45) is 4.36 Å². The van der Waals surface area contributed by atoms with Crippen molar-refractivity contribution in [1.82, 2.24) is 0 Å². The summed E-state index contributed by atoms with van der Waals surface area (Å²) in [5.41, 5.74) is 0. The highest BCUT2D eigenvalue weighted by Gasteiger charge is 1.54. The van der Waals surface area contributed by atoms with E-state index in [2.05, 4.69) is 40.6 Å². The Morgan fingerprint density at radius 3 is 3.00 bits per heavy atom. The molecule has 0 spiro atoms.